The summed E-state index contributed by atoms with van der Waals surface area (Å²) in [4.78, 5) is 2.41. The fourth-order valence-corrected chi connectivity index (χ4v) is 1.87. The quantitative estimate of drug-likeness (QED) is 0.520. The lowest BCUT2D eigenvalue weighted by Gasteiger charge is -2.04. The number of thioether (sulfide) groups is 1. The summed E-state index contributed by atoms with van der Waals surface area (Å²) in [7, 11) is 0. The van der Waals surface area contributed by atoms with Crippen LogP contribution < -0.4 is 0 Å². The highest BCUT2D eigenvalue weighted by Gasteiger charge is 1.99. The van der Waals surface area contributed by atoms with Crippen molar-refractivity contribution >= 4 is 11.8 Å². The average molecular weight is 210 g/mol. The van der Waals surface area contributed by atoms with E-state index in [1.807, 2.05) is 6.92 Å². The summed E-state index contributed by atoms with van der Waals surface area (Å²) < 4.78 is 0. The van der Waals surface area contributed by atoms with Crippen LogP contribution in [-0.2, 0) is 0 Å². The molecule has 0 fully saturated rings. The Morgan fingerprint density at radius 3 is 2.50 bits per heavy atom. The van der Waals surface area contributed by atoms with E-state index < -0.39 is 0 Å². The van der Waals surface area contributed by atoms with Crippen molar-refractivity contribution in [1.29, 1.82) is 0 Å². The van der Waals surface area contributed by atoms with Crippen LogP contribution >= 0.6 is 11.8 Å². The molecule has 1 aromatic rings. The minimum Gasteiger partial charge on any atom is -0.269 e. The number of hydrogen-bond donors (Lipinski definition) is 0. The molecule has 0 aliphatic rings. The maximum atomic E-state index is 3.62. The monoisotopic (exact) mass is 210 g/mol. The SMILES string of the molecule is C=C=C(C)Sc1ccc(C)cc1C.F. The maximum absolute atomic E-state index is 3.62. The van der Waals surface area contributed by atoms with Gasteiger partial charge in [0.15, 0.2) is 0 Å². The molecule has 0 atom stereocenters. The van der Waals surface area contributed by atoms with Crippen molar-refractivity contribution in [2.45, 2.75) is 25.7 Å². The summed E-state index contributed by atoms with van der Waals surface area (Å²) in [6.45, 7) is 9.89. The van der Waals surface area contributed by atoms with Gasteiger partial charge in [0.05, 0.1) is 0 Å². The predicted octanol–water partition coefficient (Wildman–Crippen LogP) is 4.24. The Bertz CT molecular complexity index is 363. The van der Waals surface area contributed by atoms with E-state index in [1.54, 1.807) is 11.8 Å². The third-order valence-electron chi connectivity index (χ3n) is 1.84. The zero-order chi connectivity index (χ0) is 9.84. The van der Waals surface area contributed by atoms with Crippen molar-refractivity contribution in [2.75, 3.05) is 0 Å². The van der Waals surface area contributed by atoms with E-state index in [-0.39, 0.29) is 4.70 Å². The van der Waals surface area contributed by atoms with Crippen molar-refractivity contribution in [3.63, 3.8) is 0 Å². The molecule has 0 nitrogen and oxygen atoms in total. The van der Waals surface area contributed by atoms with Gasteiger partial charge in [0.1, 0.15) is 0 Å². The molecule has 0 aromatic heterocycles. The molecular weight excluding hydrogens is 195 g/mol. The van der Waals surface area contributed by atoms with Gasteiger partial charge in [-0.05, 0) is 32.4 Å². The first-order chi connectivity index (χ1) is 6.13. The van der Waals surface area contributed by atoms with Crippen molar-refractivity contribution in [3.05, 3.63) is 46.5 Å². The number of allylic oxidation sites excluding steroid dienone is 1. The third kappa shape index (κ3) is 3.41. The van der Waals surface area contributed by atoms with Crippen LogP contribution in [0.25, 0.3) is 0 Å². The minimum absolute atomic E-state index is 0. The molecule has 0 unspecified atom stereocenters. The average Bonchev–Trinajstić information content (AvgIpc) is 2.09. The predicted molar refractivity (Wildman–Crippen MR) is 62.6 cm³/mol. The van der Waals surface area contributed by atoms with E-state index in [0.29, 0.717) is 0 Å². The summed E-state index contributed by atoms with van der Waals surface area (Å²) in [6, 6.07) is 6.47. The second-order valence-corrected chi connectivity index (χ2v) is 4.36. The van der Waals surface area contributed by atoms with Crippen molar-refractivity contribution in [1.82, 2.24) is 0 Å². The van der Waals surface area contributed by atoms with Crippen molar-refractivity contribution in [3.8, 4) is 0 Å². The highest BCUT2D eigenvalue weighted by Crippen LogP contribution is 2.28. The zero-order valence-corrected chi connectivity index (χ0v) is 9.57. The number of hydrogen-bond acceptors (Lipinski definition) is 1. The van der Waals surface area contributed by atoms with Crippen LogP contribution in [-0.4, -0.2) is 0 Å². The molecule has 0 aliphatic heterocycles. The second-order valence-electron chi connectivity index (χ2n) is 3.10. The number of benzene rings is 1. The molecule has 1 aromatic carbocycles. The second kappa shape index (κ2) is 5.69. The highest BCUT2D eigenvalue weighted by molar-refractivity contribution is 8.03. The summed E-state index contributed by atoms with van der Waals surface area (Å²) >= 11 is 1.72. The van der Waals surface area contributed by atoms with E-state index in [4.69, 9.17) is 0 Å². The molecule has 0 saturated carbocycles. The summed E-state index contributed by atoms with van der Waals surface area (Å²) in [5.41, 5.74) is 5.51. The first kappa shape index (κ1) is 13.0. The van der Waals surface area contributed by atoms with Crippen molar-refractivity contribution < 1.29 is 4.70 Å². The van der Waals surface area contributed by atoms with Gasteiger partial charge in [0.25, 0.3) is 0 Å². The van der Waals surface area contributed by atoms with Crippen molar-refractivity contribution in [2.24, 2.45) is 0 Å². The normalized spacial score (nSPS) is 8.79. The summed E-state index contributed by atoms with van der Waals surface area (Å²) in [5, 5.41) is 0. The standard InChI is InChI=1S/C12H14S.FH/c1-5-11(4)13-12-7-6-9(2)8-10(12)3;/h6-8H,1H2,2-4H3;1H. The van der Waals surface area contributed by atoms with E-state index in [0.717, 1.165) is 4.91 Å². The zero-order valence-electron chi connectivity index (χ0n) is 8.76. The van der Waals surface area contributed by atoms with E-state index >= 15 is 0 Å². The van der Waals surface area contributed by atoms with Crippen LogP contribution in [0.5, 0.6) is 0 Å². The van der Waals surface area contributed by atoms with Gasteiger partial charge in [-0.25, -0.2) is 0 Å². The van der Waals surface area contributed by atoms with E-state index in [2.05, 4.69) is 44.4 Å². The van der Waals surface area contributed by atoms with Crippen LogP contribution in [0.4, 0.5) is 4.70 Å². The molecule has 14 heavy (non-hydrogen) atoms. The molecule has 1 rings (SSSR count). The van der Waals surface area contributed by atoms with Crippen LogP contribution in [0, 0.1) is 13.8 Å². The van der Waals surface area contributed by atoms with Gasteiger partial charge < -0.3 is 0 Å². The fourth-order valence-electron chi connectivity index (χ4n) is 1.11. The minimum atomic E-state index is 0. The molecule has 0 amide bonds. The Balaban J connectivity index is 0.00000169. The molecule has 0 radical (unpaired) electrons. The van der Waals surface area contributed by atoms with Gasteiger partial charge in [-0.1, -0.05) is 36.0 Å². The van der Waals surface area contributed by atoms with E-state index in [9.17, 15) is 0 Å². The Kier molecular flexibility index (Phi) is 5.29. The Morgan fingerprint density at radius 1 is 1.36 bits per heavy atom. The molecule has 0 spiro atoms. The molecule has 0 aliphatic carbocycles. The van der Waals surface area contributed by atoms with Crippen LogP contribution in [0.1, 0.15) is 18.1 Å². The highest BCUT2D eigenvalue weighted by atomic mass is 32.2. The Hall–Kier alpha value is -0.980. The largest absolute Gasteiger partial charge is 0.269 e. The lowest BCUT2D eigenvalue weighted by Crippen LogP contribution is -1.80. The number of rotatable bonds is 2. The lowest BCUT2D eigenvalue weighted by atomic mass is 10.2. The summed E-state index contributed by atoms with van der Waals surface area (Å²) in [6.07, 6.45) is 0. The molecule has 0 heterocycles. The summed E-state index contributed by atoms with van der Waals surface area (Å²) in [5.74, 6) is 0. The third-order valence-corrected chi connectivity index (χ3v) is 2.97. The van der Waals surface area contributed by atoms with Gasteiger partial charge in [0.2, 0.25) is 0 Å². The smallest absolute Gasteiger partial charge is 0.0278 e. The van der Waals surface area contributed by atoms with E-state index in [1.165, 1.54) is 16.0 Å². The topological polar surface area (TPSA) is 0 Å². The fraction of sp³-hybridized carbons (Fsp3) is 0.250. The number of halogens is 1. The molecule has 0 N–H and O–H groups in total. The van der Waals surface area contributed by atoms with Crippen LogP contribution in [0.2, 0.25) is 0 Å². The molecule has 76 valence electrons. The maximum Gasteiger partial charge on any atom is 0.0278 e. The molecule has 0 bridgehead atoms. The van der Waals surface area contributed by atoms with Gasteiger partial charge in [-0.3, -0.25) is 4.70 Å². The van der Waals surface area contributed by atoms with Gasteiger partial charge in [0, 0.05) is 9.80 Å². The number of aryl methyl sites for hydroxylation is 2. The molecule has 2 heteroatoms. The first-order valence-electron chi connectivity index (χ1n) is 4.25. The molecular formula is C12H15FS. The van der Waals surface area contributed by atoms with Gasteiger partial charge >= 0.3 is 0 Å². The first-order valence-corrected chi connectivity index (χ1v) is 5.07. The van der Waals surface area contributed by atoms with Gasteiger partial charge in [-0.2, -0.15) is 0 Å². The Labute approximate surface area is 89.1 Å². The lowest BCUT2D eigenvalue weighted by molar-refractivity contribution is 1.11. The van der Waals surface area contributed by atoms with Crippen LogP contribution in [0.3, 0.4) is 0 Å². The van der Waals surface area contributed by atoms with Crippen LogP contribution in [0.15, 0.2) is 40.3 Å². The van der Waals surface area contributed by atoms with Gasteiger partial charge in [-0.15, -0.1) is 5.73 Å². The molecule has 0 saturated heterocycles. The Morgan fingerprint density at radius 2 is 2.00 bits per heavy atom.